The fourth-order valence-electron chi connectivity index (χ4n) is 5.19. The molecule has 0 aliphatic heterocycles. The molecule has 1 saturated carbocycles. The summed E-state index contributed by atoms with van der Waals surface area (Å²) in [4.78, 5) is 17.4. The first-order valence-electron chi connectivity index (χ1n) is 10.8. The molecule has 0 radical (unpaired) electrons. The maximum Gasteiger partial charge on any atom is 0.421 e. The molecular weight excluding hydrogens is 455 g/mol. The Morgan fingerprint density at radius 3 is 2.58 bits per heavy atom. The van der Waals surface area contributed by atoms with Crippen molar-refractivity contribution in [2.75, 3.05) is 0 Å². The second-order valence-electron chi connectivity index (χ2n) is 9.51. The maximum atomic E-state index is 13.7. The van der Waals surface area contributed by atoms with E-state index in [4.69, 9.17) is 16.3 Å². The smallest absolute Gasteiger partial charge is 0.421 e. The molecular formula is C25H25ClF3NO3. The lowest BCUT2D eigenvalue weighted by atomic mass is 9.58. The zero-order chi connectivity index (χ0) is 24.3. The topological polar surface area (TPSA) is 59.4 Å². The van der Waals surface area contributed by atoms with Gasteiger partial charge in [0.25, 0.3) is 0 Å². The third-order valence-electron chi connectivity index (χ3n) is 7.61. The molecule has 8 heteroatoms. The Bertz CT molecular complexity index is 1170. The molecule has 1 heterocycles. The molecule has 33 heavy (non-hydrogen) atoms. The minimum absolute atomic E-state index is 0.0485. The number of rotatable bonds is 4. The Kier molecular flexibility index (Phi) is 5.55. The van der Waals surface area contributed by atoms with Gasteiger partial charge in [0.1, 0.15) is 17.1 Å². The number of benzene rings is 1. The summed E-state index contributed by atoms with van der Waals surface area (Å²) in [7, 11) is 0. The van der Waals surface area contributed by atoms with Gasteiger partial charge in [-0.3, -0.25) is 4.79 Å². The lowest BCUT2D eigenvalue weighted by Crippen LogP contribution is -2.45. The second-order valence-corrected chi connectivity index (χ2v) is 9.95. The van der Waals surface area contributed by atoms with Gasteiger partial charge >= 0.3 is 6.18 Å². The van der Waals surface area contributed by atoms with Gasteiger partial charge in [0.15, 0.2) is 5.78 Å². The largest absolute Gasteiger partial charge is 0.511 e. The highest BCUT2D eigenvalue weighted by atomic mass is 35.5. The van der Waals surface area contributed by atoms with Crippen LogP contribution >= 0.6 is 11.6 Å². The van der Waals surface area contributed by atoms with Crippen LogP contribution in [-0.4, -0.2) is 15.9 Å². The van der Waals surface area contributed by atoms with Crippen LogP contribution in [-0.2, 0) is 17.4 Å². The van der Waals surface area contributed by atoms with E-state index in [1.165, 1.54) is 12.1 Å². The Hall–Kier alpha value is -2.54. The van der Waals surface area contributed by atoms with Crippen LogP contribution < -0.4 is 4.74 Å². The molecule has 176 valence electrons. The van der Waals surface area contributed by atoms with E-state index in [2.05, 4.69) is 4.98 Å². The molecule has 0 unspecified atom stereocenters. The van der Waals surface area contributed by atoms with Crippen molar-refractivity contribution in [2.45, 2.75) is 53.1 Å². The average molecular weight is 480 g/mol. The van der Waals surface area contributed by atoms with E-state index in [0.717, 1.165) is 17.8 Å². The number of aryl methyl sites for hydroxylation is 1. The number of hydrogen-bond donors (Lipinski definition) is 1. The zero-order valence-electron chi connectivity index (χ0n) is 18.8. The summed E-state index contributed by atoms with van der Waals surface area (Å²) < 4.78 is 45.9. The van der Waals surface area contributed by atoms with Gasteiger partial charge in [-0.1, -0.05) is 45.4 Å². The molecule has 4 rings (SSSR count). The molecule has 1 aromatic carbocycles. The first-order chi connectivity index (χ1) is 15.3. The summed E-state index contributed by atoms with van der Waals surface area (Å²) >= 11 is 5.70. The molecule has 0 amide bonds. The third-order valence-corrected chi connectivity index (χ3v) is 7.82. The number of carbonyl (C=O) groups excluding carboxylic acids is 1. The highest BCUT2D eigenvalue weighted by molar-refractivity contribution is 6.30. The maximum absolute atomic E-state index is 13.7. The molecule has 1 aromatic heterocycles. The molecule has 2 aliphatic rings. The van der Waals surface area contributed by atoms with Crippen molar-refractivity contribution in [3.05, 3.63) is 57.9 Å². The van der Waals surface area contributed by atoms with Gasteiger partial charge in [-0.05, 0) is 54.0 Å². The number of pyridine rings is 1. The summed E-state index contributed by atoms with van der Waals surface area (Å²) in [5, 5.41) is 11.0. The number of halogens is 4. The van der Waals surface area contributed by atoms with Crippen molar-refractivity contribution in [3.8, 4) is 11.6 Å². The number of hydrogen-bond acceptors (Lipinski definition) is 4. The number of ketones is 1. The highest BCUT2D eigenvalue weighted by Crippen LogP contribution is 2.63. The number of aromatic nitrogens is 1. The number of allylic oxidation sites excluding steroid dienone is 2. The molecule has 1 N–H and O–H groups in total. The molecule has 2 aromatic rings. The number of aliphatic hydroxyl groups is 1. The Morgan fingerprint density at radius 1 is 1.24 bits per heavy atom. The summed E-state index contributed by atoms with van der Waals surface area (Å²) in [6, 6.07) is 5.50. The van der Waals surface area contributed by atoms with Gasteiger partial charge in [-0.2, -0.15) is 13.2 Å². The fraction of sp³-hybridized carbons (Fsp3) is 0.440. The van der Waals surface area contributed by atoms with Gasteiger partial charge in [-0.25, -0.2) is 4.98 Å². The number of nitrogens with zero attached hydrogens (tertiary/aromatic N) is 1. The quantitative estimate of drug-likeness (QED) is 0.496. The van der Waals surface area contributed by atoms with Crippen LogP contribution in [0.15, 0.2) is 36.2 Å². The number of aliphatic hydroxyl groups excluding tert-OH is 1. The first-order valence-corrected chi connectivity index (χ1v) is 11.2. The molecule has 0 spiro atoms. The van der Waals surface area contributed by atoms with Gasteiger partial charge in [-0.15, -0.1) is 0 Å². The summed E-state index contributed by atoms with van der Waals surface area (Å²) in [6.45, 7) is 7.84. The minimum atomic E-state index is -4.71. The zero-order valence-corrected chi connectivity index (χ0v) is 19.6. The summed E-state index contributed by atoms with van der Waals surface area (Å²) in [5.74, 6) is -0.820. The lowest BCUT2D eigenvalue weighted by Gasteiger charge is -2.45. The van der Waals surface area contributed by atoms with Gasteiger partial charge < -0.3 is 9.84 Å². The van der Waals surface area contributed by atoms with E-state index in [9.17, 15) is 23.1 Å². The molecule has 1 fully saturated rings. The number of Topliss-reactive ketones (excluding diaryl/α,β-unsaturated/α-hetero) is 1. The Balaban J connectivity index is 1.82. The van der Waals surface area contributed by atoms with E-state index in [1.54, 1.807) is 6.07 Å². The molecule has 4 nitrogen and oxygen atoms in total. The summed E-state index contributed by atoms with van der Waals surface area (Å²) in [5.41, 5.74) is -0.621. The highest BCUT2D eigenvalue weighted by Gasteiger charge is 2.61. The van der Waals surface area contributed by atoms with Crippen LogP contribution in [0.3, 0.4) is 0 Å². The van der Waals surface area contributed by atoms with Crippen molar-refractivity contribution in [1.82, 2.24) is 4.98 Å². The Labute approximate surface area is 195 Å². The first kappa shape index (κ1) is 23.6. The molecule has 0 saturated heterocycles. The van der Waals surface area contributed by atoms with E-state index in [-0.39, 0.29) is 33.8 Å². The van der Waals surface area contributed by atoms with E-state index < -0.39 is 28.4 Å². The average Bonchev–Trinajstić information content (AvgIpc) is 2.92. The Morgan fingerprint density at radius 2 is 1.94 bits per heavy atom. The number of ether oxygens (including phenoxy) is 1. The fourth-order valence-corrected chi connectivity index (χ4v) is 5.35. The molecule has 2 bridgehead atoms. The predicted octanol–water partition coefficient (Wildman–Crippen LogP) is 7.40. The molecule has 2 atom stereocenters. The molecule has 2 aliphatic carbocycles. The van der Waals surface area contributed by atoms with Crippen molar-refractivity contribution in [2.24, 2.45) is 16.7 Å². The van der Waals surface area contributed by atoms with Crippen LogP contribution in [0.25, 0.3) is 5.57 Å². The number of carbonyl (C=O) groups is 1. The standard InChI is InChI=1S/C25H25ClF3NO3/c1-5-13-6-7-15(33-22-18(25(27,28)29)10-14(26)12-30-22)11-16(13)19-20(31)17-8-9-24(4,21(19)32)23(17,2)3/h6-7,10-12,17,31H,5,8-9H2,1-4H3/t17-,24+/m0/s1. The lowest BCUT2D eigenvalue weighted by molar-refractivity contribution is -0.138. The van der Waals surface area contributed by atoms with Crippen LogP contribution in [0, 0.1) is 16.7 Å². The van der Waals surface area contributed by atoms with Crippen molar-refractivity contribution in [1.29, 1.82) is 0 Å². The van der Waals surface area contributed by atoms with Crippen LogP contribution in [0.1, 0.15) is 57.2 Å². The van der Waals surface area contributed by atoms with Crippen molar-refractivity contribution in [3.63, 3.8) is 0 Å². The monoisotopic (exact) mass is 479 g/mol. The van der Waals surface area contributed by atoms with Gasteiger partial charge in [0.2, 0.25) is 5.88 Å². The number of alkyl halides is 3. The van der Waals surface area contributed by atoms with Gasteiger partial charge in [0.05, 0.1) is 10.6 Å². The summed E-state index contributed by atoms with van der Waals surface area (Å²) in [6.07, 6.45) is -1.70. The third kappa shape index (κ3) is 3.61. The SMILES string of the molecule is CCc1ccc(Oc2ncc(Cl)cc2C(F)(F)F)cc1C1=C(O)[C@@H]2CC[C@](C)(C1=O)C2(C)C. The van der Waals surface area contributed by atoms with E-state index in [0.29, 0.717) is 24.8 Å². The van der Waals surface area contributed by atoms with E-state index >= 15 is 0 Å². The predicted molar refractivity (Wildman–Crippen MR) is 119 cm³/mol. The number of fused-ring (bicyclic) bond motifs is 2. The minimum Gasteiger partial charge on any atom is -0.511 e. The van der Waals surface area contributed by atoms with Crippen molar-refractivity contribution >= 4 is 23.0 Å². The van der Waals surface area contributed by atoms with Crippen molar-refractivity contribution < 1.29 is 27.8 Å². The van der Waals surface area contributed by atoms with E-state index in [1.807, 2.05) is 27.7 Å². The second kappa shape index (κ2) is 7.76. The van der Waals surface area contributed by atoms with Crippen LogP contribution in [0.5, 0.6) is 11.6 Å². The van der Waals surface area contributed by atoms with Gasteiger partial charge in [0, 0.05) is 17.5 Å². The van der Waals surface area contributed by atoms with Crippen LogP contribution in [0.2, 0.25) is 5.02 Å². The normalized spacial score (nSPS) is 24.4. The van der Waals surface area contributed by atoms with Crippen LogP contribution in [0.4, 0.5) is 13.2 Å².